The van der Waals surface area contributed by atoms with Crippen molar-refractivity contribution in [1.82, 2.24) is 10.2 Å². The van der Waals surface area contributed by atoms with Gasteiger partial charge in [-0.1, -0.05) is 73.3 Å². The number of unbranched alkanes of at least 4 members (excludes halogenated alkanes) is 2. The number of aliphatic hydroxyl groups excluding tert-OH is 1. The van der Waals surface area contributed by atoms with Crippen LogP contribution in [0.4, 0.5) is 10.5 Å². The average molecular weight is 546 g/mol. The van der Waals surface area contributed by atoms with Crippen LogP contribution < -0.4 is 10.6 Å². The van der Waals surface area contributed by atoms with Crippen molar-refractivity contribution in [1.29, 1.82) is 0 Å². The Morgan fingerprint density at radius 1 is 1.08 bits per heavy atom. The van der Waals surface area contributed by atoms with E-state index in [0.29, 0.717) is 22.7 Å². The number of alkyl carbamates (subject to hydrolysis) is 1. The molecule has 2 unspecified atom stereocenters. The molecule has 0 bridgehead atoms. The minimum absolute atomic E-state index is 0.243. The van der Waals surface area contributed by atoms with Crippen molar-refractivity contribution in [3.05, 3.63) is 64.2 Å². The third-order valence-electron chi connectivity index (χ3n) is 5.85. The van der Waals surface area contributed by atoms with Crippen molar-refractivity contribution in [3.63, 3.8) is 0 Å². The van der Waals surface area contributed by atoms with Gasteiger partial charge in [0.15, 0.2) is 0 Å². The molecule has 0 saturated carbocycles. The van der Waals surface area contributed by atoms with E-state index in [2.05, 4.69) is 10.6 Å². The molecule has 0 aliphatic heterocycles. The van der Waals surface area contributed by atoms with Crippen LogP contribution in [0.3, 0.4) is 0 Å². The Kier molecular flexibility index (Phi) is 11.6. The van der Waals surface area contributed by atoms with Gasteiger partial charge in [0.05, 0.1) is 17.3 Å². The van der Waals surface area contributed by atoms with Gasteiger partial charge < -0.3 is 25.4 Å². The fourth-order valence-corrected chi connectivity index (χ4v) is 4.30. The topological polar surface area (TPSA) is 108 Å². The maximum atomic E-state index is 13.9. The van der Waals surface area contributed by atoms with Gasteiger partial charge in [0.1, 0.15) is 17.7 Å². The van der Waals surface area contributed by atoms with E-state index in [-0.39, 0.29) is 6.54 Å². The van der Waals surface area contributed by atoms with Gasteiger partial charge in [-0.15, -0.1) is 0 Å². The highest BCUT2D eigenvalue weighted by Crippen LogP contribution is 2.30. The molecule has 0 spiro atoms. The molecular weight excluding hydrogens is 506 g/mol. The van der Waals surface area contributed by atoms with Crippen molar-refractivity contribution >= 4 is 35.2 Å². The van der Waals surface area contributed by atoms with E-state index in [0.717, 1.165) is 24.0 Å². The minimum Gasteiger partial charge on any atom is -0.444 e. The molecule has 0 heterocycles. The Morgan fingerprint density at radius 2 is 1.76 bits per heavy atom. The first kappa shape index (κ1) is 31.1. The first-order valence-electron chi connectivity index (χ1n) is 12.9. The van der Waals surface area contributed by atoms with E-state index in [1.165, 1.54) is 4.90 Å². The normalized spacial score (nSPS) is 12.8. The maximum Gasteiger partial charge on any atom is 0.408 e. The average Bonchev–Trinajstić information content (AvgIpc) is 2.83. The predicted molar refractivity (Wildman–Crippen MR) is 150 cm³/mol. The van der Waals surface area contributed by atoms with Gasteiger partial charge in [-0.05, 0) is 58.2 Å². The molecule has 0 radical (unpaired) electrons. The predicted octanol–water partition coefficient (Wildman–Crippen LogP) is 5.54. The van der Waals surface area contributed by atoms with Crippen LogP contribution in [-0.4, -0.2) is 52.7 Å². The quantitative estimate of drug-likeness (QED) is 0.321. The Bertz CT molecular complexity index is 1100. The van der Waals surface area contributed by atoms with Crippen LogP contribution in [0.15, 0.2) is 42.5 Å². The standard InChI is InChI=1S/C29H40ClN3O5/c1-7-8-9-16-33(27(36)23(18-34)31-28(37)38-29(4,5)6)25(21-14-10-12-19(2)17-21)26(35)32-24-20(3)13-11-15-22(24)30/h10-15,17,23,25,34H,7-9,16,18H2,1-6H3,(H,31,37)(H,32,35). The highest BCUT2D eigenvalue weighted by molar-refractivity contribution is 6.34. The number of para-hydroxylation sites is 1. The summed E-state index contributed by atoms with van der Waals surface area (Å²) in [7, 11) is 0. The SMILES string of the molecule is CCCCCN(C(=O)C(CO)NC(=O)OC(C)(C)C)C(C(=O)Nc1c(C)cccc1Cl)c1cccc(C)c1. The summed E-state index contributed by atoms with van der Waals surface area (Å²) in [6, 6.07) is 10.3. The molecule has 2 atom stereocenters. The second kappa shape index (κ2) is 14.2. The van der Waals surface area contributed by atoms with Crippen molar-refractivity contribution in [2.24, 2.45) is 0 Å². The van der Waals surface area contributed by atoms with Crippen molar-refractivity contribution in [2.75, 3.05) is 18.5 Å². The second-order valence-electron chi connectivity index (χ2n) is 10.4. The van der Waals surface area contributed by atoms with E-state index in [4.69, 9.17) is 16.3 Å². The molecule has 38 heavy (non-hydrogen) atoms. The van der Waals surface area contributed by atoms with Crippen LogP contribution in [0.5, 0.6) is 0 Å². The van der Waals surface area contributed by atoms with Crippen LogP contribution in [0.1, 0.15) is 69.7 Å². The lowest BCUT2D eigenvalue weighted by molar-refractivity contribution is -0.141. The number of amides is 3. The summed E-state index contributed by atoms with van der Waals surface area (Å²) in [6.07, 6.45) is 1.54. The van der Waals surface area contributed by atoms with Crippen LogP contribution in [-0.2, 0) is 14.3 Å². The maximum absolute atomic E-state index is 13.9. The molecule has 3 amide bonds. The molecular formula is C29H40ClN3O5. The highest BCUT2D eigenvalue weighted by Gasteiger charge is 2.36. The van der Waals surface area contributed by atoms with E-state index < -0.39 is 42.2 Å². The lowest BCUT2D eigenvalue weighted by Crippen LogP contribution is -2.54. The summed E-state index contributed by atoms with van der Waals surface area (Å²) in [4.78, 5) is 41.6. The smallest absolute Gasteiger partial charge is 0.408 e. The number of hydrogen-bond acceptors (Lipinski definition) is 5. The molecule has 2 aromatic rings. The summed E-state index contributed by atoms with van der Waals surface area (Å²) >= 11 is 6.39. The highest BCUT2D eigenvalue weighted by atomic mass is 35.5. The molecule has 0 aliphatic carbocycles. The number of hydrogen-bond donors (Lipinski definition) is 3. The first-order chi connectivity index (χ1) is 17.9. The summed E-state index contributed by atoms with van der Waals surface area (Å²) < 4.78 is 5.29. The van der Waals surface area contributed by atoms with Crippen LogP contribution in [0, 0.1) is 13.8 Å². The number of rotatable bonds is 11. The van der Waals surface area contributed by atoms with E-state index in [9.17, 15) is 19.5 Å². The lowest BCUT2D eigenvalue weighted by Gasteiger charge is -2.34. The molecule has 2 rings (SSSR count). The van der Waals surface area contributed by atoms with Crippen molar-refractivity contribution in [2.45, 2.75) is 78.5 Å². The molecule has 0 saturated heterocycles. The molecule has 0 aliphatic rings. The molecule has 208 valence electrons. The van der Waals surface area contributed by atoms with Gasteiger partial charge in [0, 0.05) is 6.54 Å². The lowest BCUT2D eigenvalue weighted by atomic mass is 10.00. The molecule has 2 aromatic carbocycles. The second-order valence-corrected chi connectivity index (χ2v) is 10.8. The van der Waals surface area contributed by atoms with Crippen LogP contribution >= 0.6 is 11.6 Å². The van der Waals surface area contributed by atoms with E-state index in [1.54, 1.807) is 39.0 Å². The summed E-state index contributed by atoms with van der Waals surface area (Å²) in [6.45, 7) is 10.5. The third kappa shape index (κ3) is 9.03. The first-order valence-corrected chi connectivity index (χ1v) is 13.3. The van der Waals surface area contributed by atoms with Crippen LogP contribution in [0.25, 0.3) is 0 Å². The van der Waals surface area contributed by atoms with Gasteiger partial charge >= 0.3 is 6.09 Å². The number of halogens is 1. The monoisotopic (exact) mass is 545 g/mol. The largest absolute Gasteiger partial charge is 0.444 e. The summed E-state index contributed by atoms with van der Waals surface area (Å²) in [5.74, 6) is -1.04. The number of anilines is 1. The summed E-state index contributed by atoms with van der Waals surface area (Å²) in [5, 5.41) is 15.8. The van der Waals surface area contributed by atoms with Crippen LogP contribution in [0.2, 0.25) is 5.02 Å². The zero-order valence-electron chi connectivity index (χ0n) is 23.1. The number of nitrogens with one attached hydrogen (secondary N) is 2. The third-order valence-corrected chi connectivity index (χ3v) is 6.16. The number of benzene rings is 2. The Balaban J connectivity index is 2.52. The number of nitrogens with zero attached hydrogens (tertiary/aromatic N) is 1. The van der Waals surface area contributed by atoms with Gasteiger partial charge in [-0.2, -0.15) is 0 Å². The van der Waals surface area contributed by atoms with Gasteiger partial charge in [0.25, 0.3) is 5.91 Å². The number of carbonyl (C=O) groups excluding carboxylic acids is 3. The Morgan fingerprint density at radius 3 is 2.34 bits per heavy atom. The molecule has 9 heteroatoms. The zero-order valence-corrected chi connectivity index (χ0v) is 23.9. The molecule has 8 nitrogen and oxygen atoms in total. The fraction of sp³-hybridized carbons (Fsp3) is 0.483. The van der Waals surface area contributed by atoms with Gasteiger partial charge in [-0.3, -0.25) is 9.59 Å². The molecule has 0 aromatic heterocycles. The minimum atomic E-state index is -1.30. The van der Waals surface area contributed by atoms with Gasteiger partial charge in [0.2, 0.25) is 5.91 Å². The zero-order chi connectivity index (χ0) is 28.5. The Labute approximate surface area is 230 Å². The molecule has 3 N–H and O–H groups in total. The summed E-state index contributed by atoms with van der Waals surface area (Å²) in [5.41, 5.74) is 1.97. The number of ether oxygens (including phenoxy) is 1. The Hall–Kier alpha value is -3.10. The van der Waals surface area contributed by atoms with E-state index >= 15 is 0 Å². The number of aryl methyl sites for hydroxylation is 2. The fourth-order valence-electron chi connectivity index (χ4n) is 4.03. The number of aliphatic hydroxyl groups is 1. The van der Waals surface area contributed by atoms with E-state index in [1.807, 2.05) is 45.0 Å². The van der Waals surface area contributed by atoms with Crippen molar-refractivity contribution < 1.29 is 24.2 Å². The van der Waals surface area contributed by atoms with Gasteiger partial charge in [-0.25, -0.2) is 4.79 Å². The number of carbonyl (C=O) groups is 3. The molecule has 0 fully saturated rings. The van der Waals surface area contributed by atoms with Crippen molar-refractivity contribution in [3.8, 4) is 0 Å².